The Hall–Kier alpha value is -2.98. The predicted molar refractivity (Wildman–Crippen MR) is 121 cm³/mol. The predicted octanol–water partition coefficient (Wildman–Crippen LogP) is 4.73. The molecule has 0 saturated heterocycles. The maximum absolute atomic E-state index is 6.24. The van der Waals surface area contributed by atoms with Crippen LogP contribution in [0.5, 0.6) is 11.5 Å². The summed E-state index contributed by atoms with van der Waals surface area (Å²) in [6.07, 6.45) is 1.10. The van der Waals surface area contributed by atoms with E-state index in [1.807, 2.05) is 6.07 Å². The first-order valence-electron chi connectivity index (χ1n) is 11.2. The summed E-state index contributed by atoms with van der Waals surface area (Å²) >= 11 is 0. The average Bonchev–Trinajstić information content (AvgIpc) is 3.49. The molecule has 0 aromatic heterocycles. The Morgan fingerprint density at radius 1 is 0.968 bits per heavy atom. The molecule has 1 spiro atoms. The maximum atomic E-state index is 6.24. The van der Waals surface area contributed by atoms with Gasteiger partial charge in [-0.25, -0.2) is 0 Å². The van der Waals surface area contributed by atoms with Crippen molar-refractivity contribution >= 4 is 5.69 Å². The van der Waals surface area contributed by atoms with E-state index >= 15 is 0 Å². The third-order valence-electron chi connectivity index (χ3n) is 6.86. The number of hydrogen-bond donors (Lipinski definition) is 0. The Bertz CT molecular complexity index is 1110. The first-order chi connectivity index (χ1) is 15.2. The van der Waals surface area contributed by atoms with Gasteiger partial charge in [-0.15, -0.1) is 0 Å². The Kier molecular flexibility index (Phi) is 4.43. The molecule has 0 bridgehead atoms. The van der Waals surface area contributed by atoms with E-state index in [4.69, 9.17) is 14.2 Å². The second kappa shape index (κ2) is 7.31. The lowest BCUT2D eigenvalue weighted by atomic mass is 9.77. The van der Waals surface area contributed by atoms with E-state index in [1.54, 1.807) is 0 Å². The normalized spacial score (nSPS) is 21.4. The molecule has 1 unspecified atom stereocenters. The van der Waals surface area contributed by atoms with E-state index in [-0.39, 0.29) is 11.5 Å². The molecular weight excluding hydrogens is 386 g/mol. The highest BCUT2D eigenvalue weighted by Gasteiger charge is 2.50. The zero-order valence-corrected chi connectivity index (χ0v) is 17.8. The number of anilines is 1. The van der Waals surface area contributed by atoms with E-state index in [2.05, 4.69) is 72.5 Å². The van der Waals surface area contributed by atoms with Crippen LogP contribution in [0.1, 0.15) is 29.2 Å². The molecule has 31 heavy (non-hydrogen) atoms. The van der Waals surface area contributed by atoms with Gasteiger partial charge in [0.25, 0.3) is 0 Å². The van der Waals surface area contributed by atoms with Crippen LogP contribution in [-0.4, -0.2) is 32.4 Å². The van der Waals surface area contributed by atoms with E-state index in [0.29, 0.717) is 13.2 Å². The third-order valence-corrected chi connectivity index (χ3v) is 6.86. The van der Waals surface area contributed by atoms with Gasteiger partial charge in [0, 0.05) is 36.8 Å². The lowest BCUT2D eigenvalue weighted by Crippen LogP contribution is -2.39. The van der Waals surface area contributed by atoms with Crippen molar-refractivity contribution < 1.29 is 14.2 Å². The first kappa shape index (κ1) is 18.8. The SMILES string of the molecule is C[C@@H](CN1CC2(COc3cc4c(cc32)CCO4)c2ccccc21)OCc1ccccc1. The average molecular weight is 414 g/mol. The van der Waals surface area contributed by atoms with Crippen LogP contribution < -0.4 is 14.4 Å². The fourth-order valence-electron chi connectivity index (χ4n) is 5.32. The molecule has 6 rings (SSSR count). The van der Waals surface area contributed by atoms with Crippen LogP contribution >= 0.6 is 0 Å². The Labute approximate surface area is 183 Å². The highest BCUT2D eigenvalue weighted by molar-refractivity contribution is 5.70. The standard InChI is InChI=1S/C27H27NO3/c1-19(30-16-20-7-3-2-4-8-20)15-28-17-27(22-9-5-6-10-24(22)28)18-31-26-14-25-21(11-12-29-25)13-23(26)27/h2-10,13-14,19H,11-12,15-18H2,1H3/t19-,27?/m0/s1. The summed E-state index contributed by atoms with van der Waals surface area (Å²) < 4.78 is 18.2. The van der Waals surface area contributed by atoms with Crippen LogP contribution in [-0.2, 0) is 23.2 Å². The number of fused-ring (bicyclic) bond motifs is 5. The summed E-state index contributed by atoms with van der Waals surface area (Å²) in [5.74, 6) is 1.97. The van der Waals surface area contributed by atoms with Gasteiger partial charge in [0.1, 0.15) is 18.1 Å². The Morgan fingerprint density at radius 3 is 2.71 bits per heavy atom. The summed E-state index contributed by atoms with van der Waals surface area (Å²) in [6, 6.07) is 23.6. The van der Waals surface area contributed by atoms with E-state index < -0.39 is 0 Å². The fraction of sp³-hybridized carbons (Fsp3) is 0.333. The smallest absolute Gasteiger partial charge is 0.127 e. The minimum atomic E-state index is -0.122. The van der Waals surface area contributed by atoms with Gasteiger partial charge in [-0.3, -0.25) is 0 Å². The molecule has 0 amide bonds. The summed E-state index contributed by atoms with van der Waals surface area (Å²) in [6.45, 7) is 6.02. The topological polar surface area (TPSA) is 30.9 Å². The molecule has 3 aliphatic rings. The molecule has 0 N–H and O–H groups in total. The molecule has 0 radical (unpaired) electrons. The number of rotatable bonds is 5. The molecule has 3 aromatic carbocycles. The van der Waals surface area contributed by atoms with Gasteiger partial charge in [0.2, 0.25) is 0 Å². The molecule has 3 heterocycles. The molecule has 4 nitrogen and oxygen atoms in total. The van der Waals surface area contributed by atoms with Gasteiger partial charge in [-0.05, 0) is 35.7 Å². The Morgan fingerprint density at radius 2 is 1.81 bits per heavy atom. The lowest BCUT2D eigenvalue weighted by molar-refractivity contribution is 0.0575. The molecule has 3 aliphatic heterocycles. The highest BCUT2D eigenvalue weighted by atomic mass is 16.5. The quantitative estimate of drug-likeness (QED) is 0.605. The Balaban J connectivity index is 1.27. The highest BCUT2D eigenvalue weighted by Crippen LogP contribution is 2.53. The van der Waals surface area contributed by atoms with Gasteiger partial charge >= 0.3 is 0 Å². The molecule has 4 heteroatoms. The van der Waals surface area contributed by atoms with Crippen LogP contribution in [0.2, 0.25) is 0 Å². The molecule has 0 aliphatic carbocycles. The van der Waals surface area contributed by atoms with E-state index in [1.165, 1.54) is 27.9 Å². The van der Waals surface area contributed by atoms with Gasteiger partial charge < -0.3 is 19.1 Å². The fourth-order valence-corrected chi connectivity index (χ4v) is 5.32. The van der Waals surface area contributed by atoms with Crippen LogP contribution in [0, 0.1) is 0 Å². The van der Waals surface area contributed by atoms with Gasteiger partial charge in [-0.2, -0.15) is 0 Å². The van der Waals surface area contributed by atoms with Crippen molar-refractivity contribution in [3.63, 3.8) is 0 Å². The molecule has 2 atom stereocenters. The van der Waals surface area contributed by atoms with Gasteiger partial charge in [0.05, 0.1) is 24.7 Å². The summed E-state index contributed by atoms with van der Waals surface area (Å²) in [4.78, 5) is 2.48. The number of ether oxygens (including phenoxy) is 3. The molecule has 0 fully saturated rings. The van der Waals surface area contributed by atoms with Crippen molar-refractivity contribution in [3.05, 3.63) is 89.0 Å². The molecular formula is C27H27NO3. The van der Waals surface area contributed by atoms with Crippen LogP contribution in [0.25, 0.3) is 0 Å². The molecule has 3 aromatic rings. The van der Waals surface area contributed by atoms with Gasteiger partial charge in [-0.1, -0.05) is 48.5 Å². The number of para-hydroxylation sites is 1. The van der Waals surface area contributed by atoms with Crippen LogP contribution in [0.15, 0.2) is 66.7 Å². The van der Waals surface area contributed by atoms with Crippen molar-refractivity contribution in [3.8, 4) is 11.5 Å². The largest absolute Gasteiger partial charge is 0.493 e. The minimum absolute atomic E-state index is 0.122. The second-order valence-electron chi connectivity index (χ2n) is 8.93. The maximum Gasteiger partial charge on any atom is 0.127 e. The number of nitrogens with zero attached hydrogens (tertiary/aromatic N) is 1. The second-order valence-corrected chi connectivity index (χ2v) is 8.93. The monoisotopic (exact) mass is 413 g/mol. The van der Waals surface area contributed by atoms with Crippen molar-refractivity contribution in [1.82, 2.24) is 0 Å². The van der Waals surface area contributed by atoms with Crippen molar-refractivity contribution in [2.75, 3.05) is 31.2 Å². The van der Waals surface area contributed by atoms with Crippen molar-refractivity contribution in [2.45, 2.75) is 31.5 Å². The zero-order valence-electron chi connectivity index (χ0n) is 17.8. The zero-order chi connectivity index (χ0) is 20.8. The van der Waals surface area contributed by atoms with Gasteiger partial charge in [0.15, 0.2) is 0 Å². The number of hydrogen-bond acceptors (Lipinski definition) is 4. The van der Waals surface area contributed by atoms with Crippen molar-refractivity contribution in [2.24, 2.45) is 0 Å². The van der Waals surface area contributed by atoms with E-state index in [9.17, 15) is 0 Å². The first-order valence-corrected chi connectivity index (χ1v) is 11.2. The summed E-state index contributed by atoms with van der Waals surface area (Å²) in [5.41, 5.74) is 6.36. The van der Waals surface area contributed by atoms with Crippen LogP contribution in [0.4, 0.5) is 5.69 Å². The lowest BCUT2D eigenvalue weighted by Gasteiger charge is -2.27. The molecule has 0 saturated carbocycles. The minimum Gasteiger partial charge on any atom is -0.493 e. The number of benzene rings is 3. The third kappa shape index (κ3) is 3.09. The molecule has 158 valence electrons. The summed E-state index contributed by atoms with van der Waals surface area (Å²) in [5, 5.41) is 0. The van der Waals surface area contributed by atoms with Crippen LogP contribution in [0.3, 0.4) is 0 Å². The van der Waals surface area contributed by atoms with E-state index in [0.717, 1.165) is 37.6 Å². The van der Waals surface area contributed by atoms with Crippen molar-refractivity contribution in [1.29, 1.82) is 0 Å². The summed E-state index contributed by atoms with van der Waals surface area (Å²) in [7, 11) is 0.